The summed E-state index contributed by atoms with van der Waals surface area (Å²) in [5.74, 6) is 0. The molecule has 18 heavy (non-hydrogen) atoms. The fourth-order valence-electron chi connectivity index (χ4n) is 2.36. The van der Waals surface area contributed by atoms with Gasteiger partial charge in [0, 0.05) is 18.8 Å². The molecule has 1 aliphatic heterocycles. The van der Waals surface area contributed by atoms with Crippen LogP contribution in [0.15, 0.2) is 18.2 Å². The molecule has 1 fully saturated rings. The maximum absolute atomic E-state index is 5.80. The molecule has 0 radical (unpaired) electrons. The molecule has 1 aliphatic rings. The molecule has 0 aliphatic carbocycles. The van der Waals surface area contributed by atoms with Crippen molar-refractivity contribution in [3.63, 3.8) is 0 Å². The Bertz CT molecular complexity index is 392. The lowest BCUT2D eigenvalue weighted by atomic mass is 10.1. The van der Waals surface area contributed by atoms with Crippen LogP contribution in [0.25, 0.3) is 0 Å². The Morgan fingerprint density at radius 3 is 2.89 bits per heavy atom. The fraction of sp³-hybridized carbons (Fsp3) is 0.600. The average Bonchev–Trinajstić information content (AvgIpc) is 2.40. The van der Waals surface area contributed by atoms with E-state index in [1.807, 2.05) is 7.05 Å². The Balaban J connectivity index is 2.01. The lowest BCUT2D eigenvalue weighted by molar-refractivity contribution is 0.0358. The van der Waals surface area contributed by atoms with Crippen LogP contribution >= 0.6 is 0 Å². The Kier molecular flexibility index (Phi) is 4.61. The molecule has 1 unspecified atom stereocenters. The lowest BCUT2D eigenvalue weighted by Gasteiger charge is -2.35. The van der Waals surface area contributed by atoms with Gasteiger partial charge in [-0.2, -0.15) is 0 Å². The van der Waals surface area contributed by atoms with Crippen LogP contribution in [0.4, 0.5) is 5.69 Å². The molecule has 1 atom stereocenters. The summed E-state index contributed by atoms with van der Waals surface area (Å²) in [6.45, 7) is 8.20. The summed E-state index contributed by atoms with van der Waals surface area (Å²) in [5.41, 5.74) is 4.06. The largest absolute Gasteiger partial charge is 0.374 e. The molecular formula is C15H24N2O. The van der Waals surface area contributed by atoms with Crippen molar-refractivity contribution < 1.29 is 4.74 Å². The molecule has 3 heteroatoms. The van der Waals surface area contributed by atoms with Gasteiger partial charge >= 0.3 is 0 Å². The first kappa shape index (κ1) is 13.4. The van der Waals surface area contributed by atoms with Gasteiger partial charge in [0.05, 0.1) is 12.7 Å². The quantitative estimate of drug-likeness (QED) is 0.883. The number of nitrogens with zero attached hydrogens (tertiary/aromatic N) is 1. The first-order valence-corrected chi connectivity index (χ1v) is 6.79. The smallest absolute Gasteiger partial charge is 0.0762 e. The molecule has 0 aromatic heterocycles. The van der Waals surface area contributed by atoms with E-state index in [2.05, 4.69) is 42.3 Å². The lowest BCUT2D eigenvalue weighted by Crippen LogP contribution is -2.43. The van der Waals surface area contributed by atoms with Gasteiger partial charge in [-0.1, -0.05) is 6.07 Å². The Hall–Kier alpha value is -1.06. The molecule has 1 heterocycles. The molecule has 1 aromatic rings. The maximum atomic E-state index is 5.80. The monoisotopic (exact) mass is 248 g/mol. The minimum absolute atomic E-state index is 0.354. The van der Waals surface area contributed by atoms with Crippen LogP contribution in [-0.4, -0.2) is 39.4 Å². The molecule has 0 spiro atoms. The van der Waals surface area contributed by atoms with Crippen molar-refractivity contribution in [3.05, 3.63) is 29.3 Å². The van der Waals surface area contributed by atoms with Crippen molar-refractivity contribution in [2.45, 2.75) is 26.4 Å². The number of morpholine rings is 1. The molecule has 0 amide bonds. The first-order chi connectivity index (χ1) is 8.70. The SMILES string of the molecule is CNCCC1CN(c2ccc(C)c(C)c2)CCO1. The number of benzene rings is 1. The van der Waals surface area contributed by atoms with Gasteiger partial charge in [0.15, 0.2) is 0 Å². The van der Waals surface area contributed by atoms with Crippen LogP contribution in [0.3, 0.4) is 0 Å². The van der Waals surface area contributed by atoms with E-state index in [4.69, 9.17) is 4.74 Å². The molecule has 1 aromatic carbocycles. The number of ether oxygens (including phenoxy) is 1. The van der Waals surface area contributed by atoms with Crippen molar-refractivity contribution in [1.82, 2.24) is 5.32 Å². The highest BCUT2D eigenvalue weighted by molar-refractivity contribution is 5.51. The maximum Gasteiger partial charge on any atom is 0.0762 e. The molecule has 0 saturated carbocycles. The fourth-order valence-corrected chi connectivity index (χ4v) is 2.36. The first-order valence-electron chi connectivity index (χ1n) is 6.79. The summed E-state index contributed by atoms with van der Waals surface area (Å²) in [4.78, 5) is 2.44. The van der Waals surface area contributed by atoms with E-state index in [1.165, 1.54) is 16.8 Å². The zero-order valence-corrected chi connectivity index (χ0v) is 11.7. The second kappa shape index (κ2) is 6.21. The molecule has 100 valence electrons. The topological polar surface area (TPSA) is 24.5 Å². The van der Waals surface area contributed by atoms with E-state index in [0.29, 0.717) is 6.10 Å². The van der Waals surface area contributed by atoms with Crippen LogP contribution in [0.1, 0.15) is 17.5 Å². The molecule has 1 N–H and O–H groups in total. The number of rotatable bonds is 4. The highest BCUT2D eigenvalue weighted by Gasteiger charge is 2.20. The third kappa shape index (κ3) is 3.24. The number of hydrogen-bond donors (Lipinski definition) is 1. The number of anilines is 1. The highest BCUT2D eigenvalue weighted by atomic mass is 16.5. The Morgan fingerprint density at radius 1 is 1.33 bits per heavy atom. The highest BCUT2D eigenvalue weighted by Crippen LogP contribution is 2.21. The van der Waals surface area contributed by atoms with Gasteiger partial charge in [-0.15, -0.1) is 0 Å². The molecule has 3 nitrogen and oxygen atoms in total. The van der Waals surface area contributed by atoms with Crippen molar-refractivity contribution in [2.75, 3.05) is 38.2 Å². The Morgan fingerprint density at radius 2 is 2.17 bits per heavy atom. The summed E-state index contributed by atoms with van der Waals surface area (Å²) < 4.78 is 5.80. The molecular weight excluding hydrogens is 224 g/mol. The molecule has 2 rings (SSSR count). The average molecular weight is 248 g/mol. The van der Waals surface area contributed by atoms with E-state index in [1.54, 1.807) is 0 Å². The predicted octanol–water partition coefficient (Wildman–Crippen LogP) is 2.12. The van der Waals surface area contributed by atoms with Gasteiger partial charge in [0.25, 0.3) is 0 Å². The third-order valence-corrected chi connectivity index (χ3v) is 3.71. The number of aryl methyl sites for hydroxylation is 2. The molecule has 1 saturated heterocycles. The third-order valence-electron chi connectivity index (χ3n) is 3.71. The van der Waals surface area contributed by atoms with Gasteiger partial charge in [-0.3, -0.25) is 0 Å². The van der Waals surface area contributed by atoms with Crippen LogP contribution in [0, 0.1) is 13.8 Å². The summed E-state index contributed by atoms with van der Waals surface area (Å²) in [5, 5.41) is 3.19. The number of hydrogen-bond acceptors (Lipinski definition) is 3. The van der Waals surface area contributed by atoms with E-state index in [0.717, 1.165) is 32.7 Å². The summed E-state index contributed by atoms with van der Waals surface area (Å²) in [6, 6.07) is 6.72. The van der Waals surface area contributed by atoms with E-state index < -0.39 is 0 Å². The van der Waals surface area contributed by atoms with Gasteiger partial charge < -0.3 is 15.0 Å². The second-order valence-electron chi connectivity index (χ2n) is 5.10. The Labute approximate surface area is 110 Å². The van der Waals surface area contributed by atoms with Crippen molar-refractivity contribution in [2.24, 2.45) is 0 Å². The van der Waals surface area contributed by atoms with Crippen molar-refractivity contribution in [3.8, 4) is 0 Å². The van der Waals surface area contributed by atoms with Gasteiger partial charge in [0.2, 0.25) is 0 Å². The van der Waals surface area contributed by atoms with Crippen molar-refractivity contribution >= 4 is 5.69 Å². The van der Waals surface area contributed by atoms with Crippen LogP contribution in [0.2, 0.25) is 0 Å². The zero-order chi connectivity index (χ0) is 13.0. The van der Waals surface area contributed by atoms with E-state index >= 15 is 0 Å². The van der Waals surface area contributed by atoms with Gasteiger partial charge in [-0.25, -0.2) is 0 Å². The summed E-state index contributed by atoms with van der Waals surface area (Å²) in [7, 11) is 1.99. The van der Waals surface area contributed by atoms with Crippen LogP contribution < -0.4 is 10.2 Å². The second-order valence-corrected chi connectivity index (χ2v) is 5.10. The van der Waals surface area contributed by atoms with Gasteiger partial charge in [0.1, 0.15) is 0 Å². The van der Waals surface area contributed by atoms with E-state index in [-0.39, 0.29) is 0 Å². The standard InChI is InChI=1S/C15H24N2O/c1-12-4-5-14(10-13(12)2)17-8-9-18-15(11-17)6-7-16-3/h4-5,10,15-16H,6-9,11H2,1-3H3. The predicted molar refractivity (Wildman–Crippen MR) is 76.4 cm³/mol. The van der Waals surface area contributed by atoms with Crippen molar-refractivity contribution in [1.29, 1.82) is 0 Å². The number of nitrogens with one attached hydrogen (secondary N) is 1. The minimum atomic E-state index is 0.354. The van der Waals surface area contributed by atoms with Gasteiger partial charge in [-0.05, 0) is 57.1 Å². The molecule has 0 bridgehead atoms. The van der Waals surface area contributed by atoms with E-state index in [9.17, 15) is 0 Å². The summed E-state index contributed by atoms with van der Waals surface area (Å²) >= 11 is 0. The normalized spacial score (nSPS) is 20.2. The minimum Gasteiger partial charge on any atom is -0.374 e. The van der Waals surface area contributed by atoms with Crippen LogP contribution in [0.5, 0.6) is 0 Å². The summed E-state index contributed by atoms with van der Waals surface area (Å²) in [6.07, 6.45) is 1.44. The zero-order valence-electron chi connectivity index (χ0n) is 11.7. The van der Waals surface area contributed by atoms with Crippen LogP contribution in [-0.2, 0) is 4.74 Å².